The van der Waals surface area contributed by atoms with Gasteiger partial charge >= 0.3 is 0 Å². The fraction of sp³-hybridized carbons (Fsp3) is 0.167. The summed E-state index contributed by atoms with van der Waals surface area (Å²) in [4.78, 5) is 14.5. The minimum Gasteiger partial charge on any atom is -0.338 e. The largest absolute Gasteiger partial charge is 0.338 e. The van der Waals surface area contributed by atoms with E-state index >= 15 is 0 Å². The van der Waals surface area contributed by atoms with Crippen LogP contribution in [-0.2, 0) is 11.3 Å². The van der Waals surface area contributed by atoms with Gasteiger partial charge in [0.2, 0.25) is 5.91 Å². The van der Waals surface area contributed by atoms with Gasteiger partial charge in [-0.05, 0) is 17.5 Å². The van der Waals surface area contributed by atoms with Crippen LogP contribution >= 0.6 is 11.3 Å². The number of rotatable bonds is 4. The highest BCUT2D eigenvalue weighted by Crippen LogP contribution is 2.10. The maximum Gasteiger partial charge on any atom is 0.246 e. The second kappa shape index (κ2) is 5.45. The number of amides is 1. The first kappa shape index (κ1) is 11.6. The van der Waals surface area contributed by atoms with Crippen LogP contribution < -0.4 is 0 Å². The normalized spacial score (nSPS) is 10.9. The predicted octanol–water partition coefficient (Wildman–Crippen LogP) is 2.14. The summed E-state index contributed by atoms with van der Waals surface area (Å²) in [7, 11) is 1.77. The molecule has 0 fully saturated rings. The molecule has 0 aliphatic carbocycles. The van der Waals surface area contributed by atoms with E-state index in [1.807, 2.05) is 23.6 Å². The van der Waals surface area contributed by atoms with Gasteiger partial charge in [0.1, 0.15) is 0 Å². The highest BCUT2D eigenvalue weighted by atomic mass is 32.1. The number of aromatic amines is 1. The molecule has 88 valence electrons. The molecule has 0 aliphatic rings. The Balaban J connectivity index is 1.91. The molecule has 0 saturated carbocycles. The average Bonchev–Trinajstić information content (AvgIpc) is 2.98. The van der Waals surface area contributed by atoms with E-state index in [-0.39, 0.29) is 5.91 Å². The zero-order valence-corrected chi connectivity index (χ0v) is 10.3. The summed E-state index contributed by atoms with van der Waals surface area (Å²) in [6, 6.07) is 3.94. The molecule has 1 amide bonds. The van der Waals surface area contributed by atoms with E-state index < -0.39 is 0 Å². The quantitative estimate of drug-likeness (QED) is 0.841. The molecule has 2 heterocycles. The van der Waals surface area contributed by atoms with Gasteiger partial charge in [0, 0.05) is 36.3 Å². The molecule has 2 aromatic heterocycles. The van der Waals surface area contributed by atoms with Crippen LogP contribution in [0.15, 0.2) is 36.0 Å². The minimum absolute atomic E-state index is 0.0143. The molecule has 4 nitrogen and oxygen atoms in total. The Morgan fingerprint density at radius 3 is 3.18 bits per heavy atom. The first-order chi connectivity index (χ1) is 8.25. The molecule has 0 bridgehead atoms. The fourth-order valence-corrected chi connectivity index (χ4v) is 2.00. The summed E-state index contributed by atoms with van der Waals surface area (Å²) in [6.07, 6.45) is 6.92. The van der Waals surface area contributed by atoms with Gasteiger partial charge in [0.15, 0.2) is 0 Å². The molecule has 2 aromatic rings. The molecule has 0 spiro atoms. The minimum atomic E-state index is -0.0143. The highest BCUT2D eigenvalue weighted by Gasteiger charge is 2.06. The van der Waals surface area contributed by atoms with Crippen molar-refractivity contribution in [2.75, 3.05) is 7.05 Å². The molecule has 0 aromatic carbocycles. The smallest absolute Gasteiger partial charge is 0.246 e. The maximum absolute atomic E-state index is 11.8. The van der Waals surface area contributed by atoms with E-state index in [1.165, 1.54) is 0 Å². The van der Waals surface area contributed by atoms with Crippen molar-refractivity contribution >= 4 is 23.3 Å². The van der Waals surface area contributed by atoms with Crippen LogP contribution in [0.1, 0.15) is 10.4 Å². The number of hydrogen-bond donors (Lipinski definition) is 1. The van der Waals surface area contributed by atoms with Crippen LogP contribution in [0.4, 0.5) is 0 Å². The van der Waals surface area contributed by atoms with Crippen molar-refractivity contribution in [3.05, 3.63) is 46.4 Å². The van der Waals surface area contributed by atoms with Crippen LogP contribution in [0.3, 0.4) is 0 Å². The number of likely N-dealkylation sites (N-methyl/N-ethyl adjacent to an activating group) is 1. The molecule has 0 aliphatic heterocycles. The predicted molar refractivity (Wildman–Crippen MR) is 68.4 cm³/mol. The van der Waals surface area contributed by atoms with E-state index in [2.05, 4.69) is 10.2 Å². The van der Waals surface area contributed by atoms with Crippen molar-refractivity contribution in [3.8, 4) is 0 Å². The number of carbonyl (C=O) groups is 1. The third-order valence-electron chi connectivity index (χ3n) is 2.28. The van der Waals surface area contributed by atoms with Gasteiger partial charge in [0.25, 0.3) is 0 Å². The first-order valence-electron chi connectivity index (χ1n) is 5.20. The number of hydrogen-bond acceptors (Lipinski definition) is 3. The average molecular weight is 247 g/mol. The van der Waals surface area contributed by atoms with Crippen molar-refractivity contribution in [1.82, 2.24) is 15.1 Å². The number of nitrogens with one attached hydrogen (secondary N) is 1. The first-order valence-corrected chi connectivity index (χ1v) is 6.08. The second-order valence-corrected chi connectivity index (χ2v) is 4.63. The van der Waals surface area contributed by atoms with E-state index in [4.69, 9.17) is 0 Å². The van der Waals surface area contributed by atoms with Crippen LogP contribution in [-0.4, -0.2) is 28.1 Å². The lowest BCUT2D eigenvalue weighted by atomic mass is 10.3. The van der Waals surface area contributed by atoms with Crippen LogP contribution in [0.5, 0.6) is 0 Å². The van der Waals surface area contributed by atoms with Gasteiger partial charge in [-0.25, -0.2) is 0 Å². The number of H-pyrrole nitrogens is 1. The molecule has 17 heavy (non-hydrogen) atoms. The van der Waals surface area contributed by atoms with Crippen molar-refractivity contribution in [2.45, 2.75) is 6.54 Å². The Morgan fingerprint density at radius 2 is 2.53 bits per heavy atom. The lowest BCUT2D eigenvalue weighted by Crippen LogP contribution is -2.23. The van der Waals surface area contributed by atoms with Crippen molar-refractivity contribution in [1.29, 1.82) is 0 Å². The monoisotopic (exact) mass is 247 g/mol. The molecular weight excluding hydrogens is 234 g/mol. The highest BCUT2D eigenvalue weighted by molar-refractivity contribution is 7.10. The third kappa shape index (κ3) is 3.29. The summed E-state index contributed by atoms with van der Waals surface area (Å²) < 4.78 is 0. The Hall–Kier alpha value is -1.88. The van der Waals surface area contributed by atoms with E-state index in [0.29, 0.717) is 6.54 Å². The Bertz CT molecular complexity index is 488. The van der Waals surface area contributed by atoms with Crippen LogP contribution in [0, 0.1) is 0 Å². The Morgan fingerprint density at radius 1 is 1.65 bits per heavy atom. The fourth-order valence-electron chi connectivity index (χ4n) is 1.38. The summed E-state index contributed by atoms with van der Waals surface area (Å²) in [5, 5.41) is 8.55. The van der Waals surface area contributed by atoms with Crippen LogP contribution in [0.25, 0.3) is 6.08 Å². The number of thiophene rings is 1. The van der Waals surface area contributed by atoms with E-state index in [0.717, 1.165) is 10.4 Å². The molecule has 2 rings (SSSR count). The second-order valence-electron chi connectivity index (χ2n) is 3.65. The SMILES string of the molecule is CN(Cc1cn[nH]c1)C(=O)C=Cc1cccs1. The van der Waals surface area contributed by atoms with E-state index in [1.54, 1.807) is 41.8 Å². The lowest BCUT2D eigenvalue weighted by molar-refractivity contribution is -0.125. The zero-order chi connectivity index (χ0) is 12.1. The lowest BCUT2D eigenvalue weighted by Gasteiger charge is -2.13. The molecule has 1 N–H and O–H groups in total. The number of aromatic nitrogens is 2. The molecule has 0 saturated heterocycles. The molecule has 0 unspecified atom stereocenters. The van der Waals surface area contributed by atoms with Gasteiger partial charge in [-0.2, -0.15) is 5.10 Å². The van der Waals surface area contributed by atoms with Crippen molar-refractivity contribution in [3.63, 3.8) is 0 Å². The van der Waals surface area contributed by atoms with Gasteiger partial charge < -0.3 is 4.90 Å². The number of nitrogens with zero attached hydrogens (tertiary/aromatic N) is 2. The Kier molecular flexibility index (Phi) is 3.72. The van der Waals surface area contributed by atoms with Crippen LogP contribution in [0.2, 0.25) is 0 Å². The van der Waals surface area contributed by atoms with Gasteiger partial charge in [-0.3, -0.25) is 9.89 Å². The Labute approximate surface area is 104 Å². The summed E-state index contributed by atoms with van der Waals surface area (Å²) >= 11 is 1.61. The summed E-state index contributed by atoms with van der Waals surface area (Å²) in [5.41, 5.74) is 0.991. The van der Waals surface area contributed by atoms with Gasteiger partial charge in [-0.1, -0.05) is 6.07 Å². The molecule has 0 radical (unpaired) electrons. The van der Waals surface area contributed by atoms with Gasteiger partial charge in [0.05, 0.1) is 6.20 Å². The number of carbonyl (C=O) groups excluding carboxylic acids is 1. The van der Waals surface area contributed by atoms with Gasteiger partial charge in [-0.15, -0.1) is 11.3 Å². The van der Waals surface area contributed by atoms with Crippen molar-refractivity contribution < 1.29 is 4.79 Å². The van der Waals surface area contributed by atoms with E-state index in [9.17, 15) is 4.79 Å². The third-order valence-corrected chi connectivity index (χ3v) is 3.12. The standard InChI is InChI=1S/C12H13N3OS/c1-15(9-10-7-13-14-8-10)12(16)5-4-11-3-2-6-17-11/h2-8H,9H2,1H3,(H,13,14). The molecular formula is C12H13N3OS. The zero-order valence-electron chi connectivity index (χ0n) is 9.46. The maximum atomic E-state index is 11.8. The molecule has 0 atom stereocenters. The molecule has 5 heteroatoms. The summed E-state index contributed by atoms with van der Waals surface area (Å²) in [6.45, 7) is 0.560. The van der Waals surface area contributed by atoms with Crippen molar-refractivity contribution in [2.24, 2.45) is 0 Å². The summed E-state index contributed by atoms with van der Waals surface area (Å²) in [5.74, 6) is -0.0143. The topological polar surface area (TPSA) is 49.0 Å².